The van der Waals surface area contributed by atoms with Gasteiger partial charge in [0.2, 0.25) is 0 Å². The van der Waals surface area contributed by atoms with Crippen LogP contribution in [-0.4, -0.2) is 22.9 Å². The number of unbranched alkanes of at least 4 members (excludes halogenated alkanes) is 1. The molecule has 0 spiro atoms. The molecule has 1 atom stereocenters. The van der Waals surface area contributed by atoms with Gasteiger partial charge in [0.25, 0.3) is 0 Å². The van der Waals surface area contributed by atoms with Crippen molar-refractivity contribution >= 4 is 0 Å². The molecule has 0 aromatic rings. The van der Waals surface area contributed by atoms with Crippen LogP contribution in [0.3, 0.4) is 0 Å². The monoisotopic (exact) mass is 144 g/mol. The van der Waals surface area contributed by atoms with Gasteiger partial charge in [0.05, 0.1) is 12.7 Å². The lowest BCUT2D eigenvalue weighted by Crippen LogP contribution is -2.14. The lowest BCUT2D eigenvalue weighted by molar-refractivity contribution is 0.120. The Morgan fingerprint density at radius 3 is 2.60 bits per heavy atom. The van der Waals surface area contributed by atoms with Crippen molar-refractivity contribution in [1.29, 1.82) is 0 Å². The van der Waals surface area contributed by atoms with Gasteiger partial charge in [-0.15, -0.1) is 0 Å². The fourth-order valence-corrected chi connectivity index (χ4v) is 0.700. The summed E-state index contributed by atoms with van der Waals surface area (Å²) in [7, 11) is 0. The third-order valence-corrected chi connectivity index (χ3v) is 1.50. The number of hydrogen-bond acceptors (Lipinski definition) is 2. The highest BCUT2D eigenvalue weighted by Crippen LogP contribution is 2.08. The molecule has 2 nitrogen and oxygen atoms in total. The third-order valence-electron chi connectivity index (χ3n) is 1.50. The average molecular weight is 144 g/mol. The first kappa shape index (κ1) is 9.66. The third kappa shape index (κ3) is 3.64. The summed E-state index contributed by atoms with van der Waals surface area (Å²) in [6.07, 6.45) is 2.23. The van der Waals surface area contributed by atoms with E-state index < -0.39 is 6.10 Å². The van der Waals surface area contributed by atoms with Crippen molar-refractivity contribution in [2.45, 2.75) is 32.3 Å². The number of aliphatic hydroxyl groups is 2. The Labute approximate surface area is 62.2 Å². The topological polar surface area (TPSA) is 40.5 Å². The number of aliphatic hydroxyl groups excluding tert-OH is 2. The van der Waals surface area contributed by atoms with Crippen molar-refractivity contribution in [3.63, 3.8) is 0 Å². The maximum absolute atomic E-state index is 9.00. The highest BCUT2D eigenvalue weighted by atomic mass is 16.3. The van der Waals surface area contributed by atoms with Gasteiger partial charge in [-0.3, -0.25) is 0 Å². The first-order valence-corrected chi connectivity index (χ1v) is 3.69. The second-order valence-electron chi connectivity index (χ2n) is 2.46. The predicted octanol–water partition coefficient (Wildman–Crippen LogP) is 1.09. The highest BCUT2D eigenvalue weighted by molar-refractivity contribution is 5.00. The number of hydrogen-bond donors (Lipinski definition) is 2. The molecule has 0 aromatic carbocycles. The Morgan fingerprint density at radius 2 is 2.20 bits per heavy atom. The summed E-state index contributed by atoms with van der Waals surface area (Å²) in [5.74, 6) is 0. The van der Waals surface area contributed by atoms with Crippen LogP contribution in [0.5, 0.6) is 0 Å². The first-order chi connectivity index (χ1) is 4.72. The largest absolute Gasteiger partial charge is 0.393 e. The fourth-order valence-electron chi connectivity index (χ4n) is 0.700. The van der Waals surface area contributed by atoms with Crippen LogP contribution in [0.2, 0.25) is 0 Å². The second kappa shape index (κ2) is 5.45. The van der Waals surface area contributed by atoms with E-state index >= 15 is 0 Å². The maximum Gasteiger partial charge on any atom is 0.0978 e. The molecule has 0 aliphatic rings. The Bertz CT molecular complexity index is 99.4. The molecule has 0 heterocycles. The van der Waals surface area contributed by atoms with E-state index in [0.29, 0.717) is 0 Å². The van der Waals surface area contributed by atoms with Crippen molar-refractivity contribution < 1.29 is 10.2 Å². The van der Waals surface area contributed by atoms with E-state index in [1.807, 2.05) is 0 Å². The molecule has 0 fully saturated rings. The molecule has 0 saturated carbocycles. The van der Waals surface area contributed by atoms with Crippen molar-refractivity contribution in [3.8, 4) is 0 Å². The fraction of sp³-hybridized carbons (Fsp3) is 0.750. The van der Waals surface area contributed by atoms with Crippen LogP contribution in [0.25, 0.3) is 0 Å². The SMILES string of the molecule is C=C(CCCC)C(O)CO. The van der Waals surface area contributed by atoms with Crippen molar-refractivity contribution in [2.24, 2.45) is 0 Å². The van der Waals surface area contributed by atoms with E-state index in [9.17, 15) is 0 Å². The van der Waals surface area contributed by atoms with Gasteiger partial charge in [-0.2, -0.15) is 0 Å². The summed E-state index contributed by atoms with van der Waals surface area (Å²) < 4.78 is 0. The van der Waals surface area contributed by atoms with Crippen LogP contribution in [-0.2, 0) is 0 Å². The summed E-state index contributed by atoms with van der Waals surface area (Å²) in [6, 6.07) is 0. The van der Waals surface area contributed by atoms with Gasteiger partial charge in [0.15, 0.2) is 0 Å². The predicted molar refractivity (Wildman–Crippen MR) is 41.8 cm³/mol. The Morgan fingerprint density at radius 1 is 1.60 bits per heavy atom. The van der Waals surface area contributed by atoms with E-state index in [4.69, 9.17) is 10.2 Å². The average Bonchev–Trinajstić information content (AvgIpc) is 1.98. The minimum Gasteiger partial charge on any atom is -0.393 e. The minimum absolute atomic E-state index is 0.206. The summed E-state index contributed by atoms with van der Waals surface area (Å²) in [5.41, 5.74) is 0.740. The standard InChI is InChI=1S/C8H16O2/c1-3-4-5-7(2)8(10)6-9/h8-10H,2-6H2,1H3. The molecule has 60 valence electrons. The quantitative estimate of drug-likeness (QED) is 0.567. The van der Waals surface area contributed by atoms with E-state index in [-0.39, 0.29) is 6.61 Å². The van der Waals surface area contributed by atoms with Gasteiger partial charge in [-0.25, -0.2) is 0 Å². The summed E-state index contributed by atoms with van der Waals surface area (Å²) in [6.45, 7) is 5.53. The molecule has 10 heavy (non-hydrogen) atoms. The van der Waals surface area contributed by atoms with Crippen LogP contribution in [0.4, 0.5) is 0 Å². The molecule has 1 unspecified atom stereocenters. The van der Waals surface area contributed by atoms with E-state index in [0.717, 1.165) is 24.8 Å². The van der Waals surface area contributed by atoms with Crippen LogP contribution in [0, 0.1) is 0 Å². The zero-order valence-corrected chi connectivity index (χ0v) is 6.51. The zero-order chi connectivity index (χ0) is 7.98. The van der Waals surface area contributed by atoms with Gasteiger partial charge in [-0.05, 0) is 18.4 Å². The van der Waals surface area contributed by atoms with Crippen LogP contribution >= 0.6 is 0 Å². The van der Waals surface area contributed by atoms with Gasteiger partial charge in [0.1, 0.15) is 0 Å². The molecule has 0 rings (SSSR count). The molecule has 0 saturated heterocycles. The highest BCUT2D eigenvalue weighted by Gasteiger charge is 2.04. The molecule has 2 heteroatoms. The van der Waals surface area contributed by atoms with Crippen molar-refractivity contribution in [1.82, 2.24) is 0 Å². The molecule has 2 N–H and O–H groups in total. The summed E-state index contributed by atoms with van der Waals surface area (Å²) in [5, 5.41) is 17.5. The summed E-state index contributed by atoms with van der Waals surface area (Å²) >= 11 is 0. The smallest absolute Gasteiger partial charge is 0.0978 e. The van der Waals surface area contributed by atoms with E-state index in [2.05, 4.69) is 13.5 Å². The number of rotatable bonds is 5. The molecule has 0 aliphatic carbocycles. The van der Waals surface area contributed by atoms with Gasteiger partial charge in [-0.1, -0.05) is 19.9 Å². The Kier molecular flexibility index (Phi) is 5.26. The Hall–Kier alpha value is -0.340. The lowest BCUT2D eigenvalue weighted by atomic mass is 10.1. The molecule has 0 bridgehead atoms. The van der Waals surface area contributed by atoms with Gasteiger partial charge >= 0.3 is 0 Å². The molecular formula is C8H16O2. The molecule has 0 radical (unpaired) electrons. The van der Waals surface area contributed by atoms with Crippen LogP contribution < -0.4 is 0 Å². The first-order valence-electron chi connectivity index (χ1n) is 3.69. The lowest BCUT2D eigenvalue weighted by Gasteiger charge is -2.09. The van der Waals surface area contributed by atoms with Crippen LogP contribution in [0.1, 0.15) is 26.2 Å². The van der Waals surface area contributed by atoms with Crippen molar-refractivity contribution in [3.05, 3.63) is 12.2 Å². The second-order valence-corrected chi connectivity index (χ2v) is 2.46. The zero-order valence-electron chi connectivity index (χ0n) is 6.51. The summed E-state index contributed by atoms with van der Waals surface area (Å²) in [4.78, 5) is 0. The molecule has 0 aliphatic heterocycles. The van der Waals surface area contributed by atoms with E-state index in [1.165, 1.54) is 0 Å². The van der Waals surface area contributed by atoms with Gasteiger partial charge in [0, 0.05) is 0 Å². The molecule has 0 amide bonds. The molecular weight excluding hydrogens is 128 g/mol. The van der Waals surface area contributed by atoms with Crippen molar-refractivity contribution in [2.75, 3.05) is 6.61 Å². The molecule has 0 aromatic heterocycles. The minimum atomic E-state index is -0.716. The normalized spacial score (nSPS) is 13.1. The maximum atomic E-state index is 9.00. The van der Waals surface area contributed by atoms with Crippen LogP contribution in [0.15, 0.2) is 12.2 Å². The Balaban J connectivity index is 3.42. The van der Waals surface area contributed by atoms with E-state index in [1.54, 1.807) is 0 Å². The van der Waals surface area contributed by atoms with Gasteiger partial charge < -0.3 is 10.2 Å².